The van der Waals surface area contributed by atoms with E-state index in [1.54, 1.807) is 23.9 Å². The van der Waals surface area contributed by atoms with Crippen LogP contribution in [0.15, 0.2) is 84.1 Å². The van der Waals surface area contributed by atoms with Crippen LogP contribution in [0.25, 0.3) is 11.4 Å². The molecule has 0 fully saturated rings. The molecule has 3 aromatic carbocycles. The van der Waals surface area contributed by atoms with Crippen LogP contribution in [0.5, 0.6) is 5.75 Å². The highest BCUT2D eigenvalue weighted by molar-refractivity contribution is 6.30. The molecule has 1 aliphatic heterocycles. The molecule has 0 bridgehead atoms. The van der Waals surface area contributed by atoms with Crippen molar-refractivity contribution in [2.45, 2.75) is 13.0 Å². The van der Waals surface area contributed by atoms with E-state index < -0.39 is 6.04 Å². The number of ether oxygens (including phenoxy) is 1. The smallest absolute Gasteiger partial charge is 0.255 e. The van der Waals surface area contributed by atoms with Crippen molar-refractivity contribution in [1.29, 1.82) is 0 Å². The molecule has 9 heteroatoms. The molecule has 1 aromatic heterocycles. The second-order valence-corrected chi connectivity index (χ2v) is 9.35. The fraction of sp³-hybridized carbons (Fsp3) is 0.179. The van der Waals surface area contributed by atoms with Crippen LogP contribution in [0.2, 0.25) is 5.02 Å². The lowest BCUT2D eigenvalue weighted by atomic mass is 9.95. The van der Waals surface area contributed by atoms with Crippen LogP contribution in [0.4, 0.5) is 17.3 Å². The SMILES string of the molecule is COc1ccccc1NC(=O)C1=C(C)Nc2nc(-c3ccc(N(C)C)cc3)nn2C1c1ccc(Cl)cc1. The van der Waals surface area contributed by atoms with E-state index in [0.717, 1.165) is 16.8 Å². The van der Waals surface area contributed by atoms with Gasteiger partial charge in [0.25, 0.3) is 5.91 Å². The van der Waals surface area contributed by atoms with Gasteiger partial charge < -0.3 is 20.3 Å². The molecule has 0 spiro atoms. The Balaban J connectivity index is 1.57. The number of para-hydroxylation sites is 2. The number of hydrogen-bond donors (Lipinski definition) is 2. The van der Waals surface area contributed by atoms with Crippen LogP contribution in [0, 0.1) is 0 Å². The van der Waals surface area contributed by atoms with Crippen molar-refractivity contribution >= 4 is 34.8 Å². The summed E-state index contributed by atoms with van der Waals surface area (Å²) in [5.41, 5.74) is 4.59. The van der Waals surface area contributed by atoms with Gasteiger partial charge in [-0.1, -0.05) is 35.9 Å². The Morgan fingerprint density at radius 1 is 1.05 bits per heavy atom. The topological polar surface area (TPSA) is 84.3 Å². The molecule has 1 amide bonds. The molecule has 1 aliphatic rings. The van der Waals surface area contributed by atoms with E-state index in [1.807, 2.05) is 86.6 Å². The van der Waals surface area contributed by atoms with Gasteiger partial charge in [0.1, 0.15) is 11.8 Å². The maximum absolute atomic E-state index is 13.7. The summed E-state index contributed by atoms with van der Waals surface area (Å²) in [4.78, 5) is 20.5. The van der Waals surface area contributed by atoms with Gasteiger partial charge in [-0.05, 0) is 61.0 Å². The number of anilines is 3. The van der Waals surface area contributed by atoms with E-state index in [9.17, 15) is 4.79 Å². The number of aromatic nitrogens is 3. The summed E-state index contributed by atoms with van der Waals surface area (Å²) in [5, 5.41) is 11.7. The molecule has 5 rings (SSSR count). The van der Waals surface area contributed by atoms with Crippen molar-refractivity contribution < 1.29 is 9.53 Å². The van der Waals surface area contributed by atoms with Crippen LogP contribution in [-0.2, 0) is 4.79 Å². The monoisotopic (exact) mass is 514 g/mol. The fourth-order valence-corrected chi connectivity index (χ4v) is 4.49. The Bertz CT molecular complexity index is 1480. The quantitative estimate of drug-likeness (QED) is 0.348. The predicted octanol–water partition coefficient (Wildman–Crippen LogP) is 5.60. The van der Waals surface area contributed by atoms with Gasteiger partial charge in [0.2, 0.25) is 5.95 Å². The number of carbonyl (C=O) groups is 1. The Hall–Kier alpha value is -4.30. The van der Waals surface area contributed by atoms with Gasteiger partial charge in [-0.15, -0.1) is 5.10 Å². The molecule has 0 aliphatic carbocycles. The van der Waals surface area contributed by atoms with Crippen LogP contribution in [-0.4, -0.2) is 41.9 Å². The summed E-state index contributed by atoms with van der Waals surface area (Å²) in [5.74, 6) is 1.42. The molecule has 4 aromatic rings. The highest BCUT2D eigenvalue weighted by atomic mass is 35.5. The third kappa shape index (κ3) is 4.75. The zero-order valence-corrected chi connectivity index (χ0v) is 21.7. The number of amides is 1. The highest BCUT2D eigenvalue weighted by Crippen LogP contribution is 2.38. The molecule has 188 valence electrons. The Labute approximate surface area is 220 Å². The van der Waals surface area contributed by atoms with E-state index in [1.165, 1.54) is 0 Å². The summed E-state index contributed by atoms with van der Waals surface area (Å²) in [6, 6.07) is 22.2. The molecule has 37 heavy (non-hydrogen) atoms. The number of fused-ring (bicyclic) bond motifs is 1. The first-order chi connectivity index (χ1) is 17.9. The lowest BCUT2D eigenvalue weighted by Crippen LogP contribution is -2.31. The van der Waals surface area contributed by atoms with Crippen molar-refractivity contribution in [2.24, 2.45) is 0 Å². The van der Waals surface area contributed by atoms with E-state index >= 15 is 0 Å². The molecule has 2 N–H and O–H groups in total. The molecule has 0 radical (unpaired) electrons. The van der Waals surface area contributed by atoms with E-state index in [-0.39, 0.29) is 5.91 Å². The standard InChI is InChI=1S/C28H27ClN6O2/c1-17-24(27(36)31-22-7-5-6-8-23(22)37-4)25(18-9-13-20(29)14-10-18)35-28(30-17)32-26(33-35)19-11-15-21(16-12-19)34(2)3/h5-16,25H,1-4H3,(H,31,36)(H,30,32,33). The second-order valence-electron chi connectivity index (χ2n) is 8.92. The number of hydrogen-bond acceptors (Lipinski definition) is 6. The van der Waals surface area contributed by atoms with E-state index in [2.05, 4.69) is 10.6 Å². The van der Waals surface area contributed by atoms with Gasteiger partial charge in [0.15, 0.2) is 5.82 Å². The summed E-state index contributed by atoms with van der Waals surface area (Å²) >= 11 is 6.18. The Kier molecular flexibility index (Phi) is 6.58. The lowest BCUT2D eigenvalue weighted by molar-refractivity contribution is -0.113. The van der Waals surface area contributed by atoms with Crippen molar-refractivity contribution in [1.82, 2.24) is 14.8 Å². The number of halogens is 1. The minimum atomic E-state index is -0.523. The van der Waals surface area contributed by atoms with E-state index in [4.69, 9.17) is 26.4 Å². The number of nitrogens with one attached hydrogen (secondary N) is 2. The molecule has 2 heterocycles. The van der Waals surface area contributed by atoms with Crippen LogP contribution >= 0.6 is 11.6 Å². The number of carbonyl (C=O) groups excluding carboxylic acids is 1. The molecular formula is C28H27ClN6O2. The fourth-order valence-electron chi connectivity index (χ4n) is 4.37. The van der Waals surface area contributed by atoms with Gasteiger partial charge in [-0.2, -0.15) is 4.98 Å². The van der Waals surface area contributed by atoms with Gasteiger partial charge in [-0.25, -0.2) is 4.68 Å². The first kappa shape index (κ1) is 24.4. The number of benzene rings is 3. The molecule has 1 unspecified atom stereocenters. The van der Waals surface area contributed by atoms with Crippen LogP contribution in [0.1, 0.15) is 18.5 Å². The third-order valence-electron chi connectivity index (χ3n) is 6.28. The Morgan fingerprint density at radius 3 is 2.43 bits per heavy atom. The first-order valence-electron chi connectivity index (χ1n) is 11.8. The van der Waals surface area contributed by atoms with Gasteiger partial charge in [0, 0.05) is 36.1 Å². The number of methoxy groups -OCH3 is 1. The number of nitrogens with zero attached hydrogens (tertiary/aromatic N) is 4. The summed E-state index contributed by atoms with van der Waals surface area (Å²) in [6.45, 7) is 1.86. The predicted molar refractivity (Wildman–Crippen MR) is 147 cm³/mol. The van der Waals surface area contributed by atoms with Gasteiger partial charge >= 0.3 is 0 Å². The average Bonchev–Trinajstić information content (AvgIpc) is 3.32. The van der Waals surface area contributed by atoms with Crippen LogP contribution in [0.3, 0.4) is 0 Å². The highest BCUT2D eigenvalue weighted by Gasteiger charge is 2.34. The van der Waals surface area contributed by atoms with Crippen molar-refractivity contribution in [2.75, 3.05) is 36.7 Å². The molecular weight excluding hydrogens is 488 g/mol. The molecule has 1 atom stereocenters. The number of rotatable bonds is 6. The maximum atomic E-state index is 13.7. The zero-order valence-electron chi connectivity index (χ0n) is 21.0. The summed E-state index contributed by atoms with van der Waals surface area (Å²) in [7, 11) is 5.56. The second kappa shape index (κ2) is 9.99. The number of allylic oxidation sites excluding steroid dienone is 1. The van der Waals surface area contributed by atoms with Gasteiger partial charge in [0.05, 0.1) is 18.4 Å². The minimum Gasteiger partial charge on any atom is -0.495 e. The zero-order chi connectivity index (χ0) is 26.1. The first-order valence-corrected chi connectivity index (χ1v) is 12.2. The maximum Gasteiger partial charge on any atom is 0.255 e. The normalized spacial score (nSPS) is 14.6. The Morgan fingerprint density at radius 2 is 1.76 bits per heavy atom. The summed E-state index contributed by atoms with van der Waals surface area (Å²) < 4.78 is 7.18. The molecule has 8 nitrogen and oxygen atoms in total. The average molecular weight is 515 g/mol. The minimum absolute atomic E-state index is 0.271. The third-order valence-corrected chi connectivity index (χ3v) is 6.53. The molecule has 0 saturated carbocycles. The van der Waals surface area contributed by atoms with Crippen molar-refractivity contribution in [3.63, 3.8) is 0 Å². The van der Waals surface area contributed by atoms with E-state index in [0.29, 0.717) is 39.5 Å². The van der Waals surface area contributed by atoms with Crippen molar-refractivity contribution in [3.8, 4) is 17.1 Å². The van der Waals surface area contributed by atoms with Crippen LogP contribution < -0.4 is 20.3 Å². The van der Waals surface area contributed by atoms with Gasteiger partial charge in [-0.3, -0.25) is 4.79 Å². The summed E-state index contributed by atoms with van der Waals surface area (Å²) in [6.07, 6.45) is 0. The largest absolute Gasteiger partial charge is 0.495 e. The molecule has 0 saturated heterocycles. The lowest BCUT2D eigenvalue weighted by Gasteiger charge is -2.28. The van der Waals surface area contributed by atoms with Crippen molar-refractivity contribution in [3.05, 3.63) is 94.7 Å².